The standard InChI is InChI=1S/C16H16N2O2/c17-13-6-2-1-5-12(13)11-18-14-7-3-4-8-15(14)20-10-9-16(18)19/h1-8H,9-11,17H2. The zero-order valence-electron chi connectivity index (χ0n) is 11.1. The Morgan fingerprint density at radius 1 is 1.10 bits per heavy atom. The highest BCUT2D eigenvalue weighted by atomic mass is 16.5. The average molecular weight is 268 g/mol. The first kappa shape index (κ1) is 12.5. The van der Waals surface area contributed by atoms with Crippen molar-refractivity contribution in [3.63, 3.8) is 0 Å². The van der Waals surface area contributed by atoms with Crippen molar-refractivity contribution in [3.8, 4) is 5.75 Å². The van der Waals surface area contributed by atoms with Crippen molar-refractivity contribution in [3.05, 3.63) is 54.1 Å². The topological polar surface area (TPSA) is 55.6 Å². The molecule has 4 heteroatoms. The zero-order valence-corrected chi connectivity index (χ0v) is 11.1. The average Bonchev–Trinajstić information content (AvgIpc) is 2.61. The lowest BCUT2D eigenvalue weighted by atomic mass is 10.1. The lowest BCUT2D eigenvalue weighted by molar-refractivity contribution is -0.118. The molecule has 1 amide bonds. The molecule has 2 N–H and O–H groups in total. The number of carbonyl (C=O) groups excluding carboxylic acids is 1. The highest BCUT2D eigenvalue weighted by molar-refractivity contribution is 5.95. The van der Waals surface area contributed by atoms with Gasteiger partial charge in [-0.1, -0.05) is 30.3 Å². The molecule has 0 aliphatic carbocycles. The van der Waals surface area contributed by atoms with Crippen LogP contribution in [0.15, 0.2) is 48.5 Å². The van der Waals surface area contributed by atoms with Crippen LogP contribution in [0.5, 0.6) is 5.75 Å². The van der Waals surface area contributed by atoms with Crippen molar-refractivity contribution in [2.75, 3.05) is 17.2 Å². The van der Waals surface area contributed by atoms with E-state index in [0.29, 0.717) is 25.3 Å². The molecule has 0 spiro atoms. The molecule has 2 aromatic rings. The minimum absolute atomic E-state index is 0.0539. The van der Waals surface area contributed by atoms with Gasteiger partial charge in [0.2, 0.25) is 5.91 Å². The fraction of sp³-hybridized carbons (Fsp3) is 0.188. The molecule has 0 aromatic heterocycles. The third-order valence-corrected chi connectivity index (χ3v) is 3.41. The number of carbonyl (C=O) groups is 1. The van der Waals surface area contributed by atoms with Crippen molar-refractivity contribution >= 4 is 17.3 Å². The molecule has 20 heavy (non-hydrogen) atoms. The van der Waals surface area contributed by atoms with E-state index >= 15 is 0 Å². The number of hydrogen-bond acceptors (Lipinski definition) is 3. The summed E-state index contributed by atoms with van der Waals surface area (Å²) in [5, 5.41) is 0. The van der Waals surface area contributed by atoms with Crippen molar-refractivity contribution in [1.82, 2.24) is 0 Å². The number of rotatable bonds is 2. The van der Waals surface area contributed by atoms with Crippen LogP contribution < -0.4 is 15.4 Å². The number of nitrogen functional groups attached to an aromatic ring is 1. The predicted octanol–water partition coefficient (Wildman–Crippen LogP) is 2.58. The van der Waals surface area contributed by atoms with E-state index in [1.54, 1.807) is 4.90 Å². The summed E-state index contributed by atoms with van der Waals surface area (Å²) >= 11 is 0. The predicted molar refractivity (Wildman–Crippen MR) is 78.6 cm³/mol. The van der Waals surface area contributed by atoms with Gasteiger partial charge in [0.15, 0.2) is 0 Å². The summed E-state index contributed by atoms with van der Waals surface area (Å²) in [7, 11) is 0. The molecule has 2 aromatic carbocycles. The number of fused-ring (bicyclic) bond motifs is 1. The lowest BCUT2D eigenvalue weighted by Crippen LogP contribution is -2.29. The van der Waals surface area contributed by atoms with E-state index < -0.39 is 0 Å². The number of nitrogens with two attached hydrogens (primary N) is 1. The Kier molecular flexibility index (Phi) is 3.29. The Morgan fingerprint density at radius 3 is 2.70 bits per heavy atom. The summed E-state index contributed by atoms with van der Waals surface area (Å²) < 4.78 is 5.62. The zero-order chi connectivity index (χ0) is 13.9. The molecule has 0 radical (unpaired) electrons. The number of para-hydroxylation sites is 3. The van der Waals surface area contributed by atoms with Crippen LogP contribution in [-0.4, -0.2) is 12.5 Å². The van der Waals surface area contributed by atoms with E-state index in [1.165, 1.54) is 0 Å². The van der Waals surface area contributed by atoms with Gasteiger partial charge in [-0.2, -0.15) is 0 Å². The molecule has 3 rings (SSSR count). The molecule has 0 atom stereocenters. The van der Waals surface area contributed by atoms with Crippen LogP contribution in [0.4, 0.5) is 11.4 Å². The molecule has 0 saturated heterocycles. The Bertz CT molecular complexity index is 640. The van der Waals surface area contributed by atoms with Gasteiger partial charge in [-0.3, -0.25) is 4.79 Å². The Hall–Kier alpha value is -2.49. The van der Waals surface area contributed by atoms with Gasteiger partial charge in [-0.05, 0) is 23.8 Å². The summed E-state index contributed by atoms with van der Waals surface area (Å²) in [5.41, 5.74) is 8.42. The molecule has 0 fully saturated rings. The van der Waals surface area contributed by atoms with E-state index in [1.807, 2.05) is 48.5 Å². The van der Waals surface area contributed by atoms with Gasteiger partial charge in [0.1, 0.15) is 5.75 Å². The summed E-state index contributed by atoms with van der Waals surface area (Å²) in [4.78, 5) is 14.0. The largest absolute Gasteiger partial charge is 0.491 e. The molecule has 0 unspecified atom stereocenters. The molecule has 0 saturated carbocycles. The number of hydrogen-bond donors (Lipinski definition) is 1. The van der Waals surface area contributed by atoms with E-state index in [4.69, 9.17) is 10.5 Å². The van der Waals surface area contributed by atoms with Gasteiger partial charge in [0.05, 0.1) is 25.3 Å². The number of amides is 1. The highest BCUT2D eigenvalue weighted by Gasteiger charge is 2.23. The van der Waals surface area contributed by atoms with Crippen molar-refractivity contribution in [2.45, 2.75) is 13.0 Å². The summed E-state index contributed by atoms with van der Waals surface area (Å²) in [6.45, 7) is 0.877. The normalized spacial score (nSPS) is 14.4. The van der Waals surface area contributed by atoms with Crippen LogP contribution in [0.25, 0.3) is 0 Å². The van der Waals surface area contributed by atoms with E-state index in [-0.39, 0.29) is 5.91 Å². The van der Waals surface area contributed by atoms with Crippen molar-refractivity contribution in [2.24, 2.45) is 0 Å². The first-order valence-electron chi connectivity index (χ1n) is 6.61. The molecule has 1 aliphatic heterocycles. The molecule has 0 bridgehead atoms. The Morgan fingerprint density at radius 2 is 1.85 bits per heavy atom. The fourth-order valence-electron chi connectivity index (χ4n) is 2.34. The molecule has 102 valence electrons. The number of nitrogens with zero attached hydrogens (tertiary/aromatic N) is 1. The van der Waals surface area contributed by atoms with Crippen molar-refractivity contribution < 1.29 is 9.53 Å². The fourth-order valence-corrected chi connectivity index (χ4v) is 2.34. The van der Waals surface area contributed by atoms with Crippen LogP contribution in [-0.2, 0) is 11.3 Å². The van der Waals surface area contributed by atoms with Gasteiger partial charge >= 0.3 is 0 Å². The number of anilines is 2. The van der Waals surface area contributed by atoms with Gasteiger partial charge < -0.3 is 15.4 Å². The Balaban J connectivity index is 1.98. The van der Waals surface area contributed by atoms with Gasteiger partial charge in [0.25, 0.3) is 0 Å². The maximum atomic E-state index is 12.3. The minimum Gasteiger partial charge on any atom is -0.491 e. The molecule has 1 aliphatic rings. The van der Waals surface area contributed by atoms with Crippen LogP contribution in [0.3, 0.4) is 0 Å². The monoisotopic (exact) mass is 268 g/mol. The maximum absolute atomic E-state index is 12.3. The maximum Gasteiger partial charge on any atom is 0.230 e. The third kappa shape index (κ3) is 2.32. The van der Waals surface area contributed by atoms with Crippen LogP contribution in [0.1, 0.15) is 12.0 Å². The van der Waals surface area contributed by atoms with E-state index in [0.717, 1.165) is 17.0 Å². The van der Waals surface area contributed by atoms with Crippen molar-refractivity contribution in [1.29, 1.82) is 0 Å². The first-order chi connectivity index (χ1) is 9.75. The van der Waals surface area contributed by atoms with E-state index in [9.17, 15) is 4.79 Å². The number of benzene rings is 2. The second kappa shape index (κ2) is 5.25. The van der Waals surface area contributed by atoms with Crippen LogP contribution >= 0.6 is 0 Å². The molecule has 1 heterocycles. The summed E-state index contributed by atoms with van der Waals surface area (Å²) in [6, 6.07) is 15.2. The molecular formula is C16H16N2O2. The van der Waals surface area contributed by atoms with E-state index in [2.05, 4.69) is 0 Å². The molecular weight excluding hydrogens is 252 g/mol. The van der Waals surface area contributed by atoms with Crippen LogP contribution in [0.2, 0.25) is 0 Å². The third-order valence-electron chi connectivity index (χ3n) is 3.41. The first-order valence-corrected chi connectivity index (χ1v) is 6.61. The minimum atomic E-state index is 0.0539. The Labute approximate surface area is 117 Å². The van der Waals surface area contributed by atoms with Crippen LogP contribution in [0, 0.1) is 0 Å². The van der Waals surface area contributed by atoms with Gasteiger partial charge in [-0.25, -0.2) is 0 Å². The smallest absolute Gasteiger partial charge is 0.230 e. The second-order valence-electron chi connectivity index (χ2n) is 4.74. The van der Waals surface area contributed by atoms with Gasteiger partial charge in [-0.15, -0.1) is 0 Å². The SMILES string of the molecule is Nc1ccccc1CN1C(=O)CCOc2ccccc21. The van der Waals surface area contributed by atoms with Gasteiger partial charge in [0, 0.05) is 5.69 Å². The lowest BCUT2D eigenvalue weighted by Gasteiger charge is -2.22. The second-order valence-corrected chi connectivity index (χ2v) is 4.74. The molecule has 4 nitrogen and oxygen atoms in total. The quantitative estimate of drug-likeness (QED) is 0.852. The highest BCUT2D eigenvalue weighted by Crippen LogP contribution is 2.32. The number of ether oxygens (including phenoxy) is 1. The summed E-state index contributed by atoms with van der Waals surface area (Å²) in [6.07, 6.45) is 0.376. The summed E-state index contributed by atoms with van der Waals surface area (Å²) in [5.74, 6) is 0.797.